The molecule has 0 spiro atoms. The molecule has 0 radical (unpaired) electrons. The lowest BCUT2D eigenvalue weighted by atomic mass is 10.2. The molecule has 1 N–H and O–H groups in total. The van der Waals surface area contributed by atoms with Gasteiger partial charge in [-0.3, -0.25) is 9.59 Å². The van der Waals surface area contributed by atoms with Crippen molar-refractivity contribution in [1.82, 2.24) is 5.32 Å². The Labute approximate surface area is 132 Å². The second kappa shape index (κ2) is 9.10. The molecule has 0 heterocycles. The number of hydrogen-bond acceptors (Lipinski definition) is 4. The summed E-state index contributed by atoms with van der Waals surface area (Å²) in [6, 6.07) is 5.13. The molecule has 7 heteroatoms. The molecule has 1 rings (SSSR count). The van der Waals surface area contributed by atoms with Gasteiger partial charge >= 0.3 is 5.97 Å². The van der Waals surface area contributed by atoms with E-state index in [9.17, 15) is 9.59 Å². The summed E-state index contributed by atoms with van der Waals surface area (Å²) < 4.78 is 4.51. The van der Waals surface area contributed by atoms with Crippen molar-refractivity contribution in [2.24, 2.45) is 0 Å². The Kier molecular flexibility index (Phi) is 7.80. The Hall–Kier alpha value is -0.910. The maximum atomic E-state index is 11.6. The van der Waals surface area contributed by atoms with Gasteiger partial charge in [0.1, 0.15) is 0 Å². The summed E-state index contributed by atoms with van der Waals surface area (Å²) in [6.07, 6.45) is 0.303. The fraction of sp³-hybridized carbons (Fsp3) is 0.385. The Bertz CT molecular complexity index is 483. The van der Waals surface area contributed by atoms with Crippen molar-refractivity contribution in [3.05, 3.63) is 33.8 Å². The summed E-state index contributed by atoms with van der Waals surface area (Å²) >= 11 is 13.2. The monoisotopic (exact) mass is 335 g/mol. The summed E-state index contributed by atoms with van der Waals surface area (Å²) in [5, 5.41) is 3.84. The lowest BCUT2D eigenvalue weighted by Gasteiger charge is -2.07. The number of halogens is 2. The molecule has 0 fully saturated rings. The second-order valence-electron chi connectivity index (χ2n) is 3.89. The Morgan fingerprint density at radius 3 is 2.75 bits per heavy atom. The average molecular weight is 336 g/mol. The molecule has 0 saturated carbocycles. The fourth-order valence-corrected chi connectivity index (χ4v) is 2.55. The van der Waals surface area contributed by atoms with Crippen LogP contribution in [0.25, 0.3) is 0 Å². The first-order valence-electron chi connectivity index (χ1n) is 5.88. The van der Waals surface area contributed by atoms with Crippen molar-refractivity contribution in [2.75, 3.05) is 18.6 Å². The van der Waals surface area contributed by atoms with E-state index in [1.807, 2.05) is 0 Å². The predicted octanol–water partition coefficient (Wildman–Crippen LogP) is 2.91. The Morgan fingerprint density at radius 2 is 2.10 bits per heavy atom. The van der Waals surface area contributed by atoms with Gasteiger partial charge in [0, 0.05) is 22.3 Å². The van der Waals surface area contributed by atoms with E-state index in [1.54, 1.807) is 18.2 Å². The SMILES string of the molecule is COC(=O)CCSCC(=O)NCc1ccc(Cl)cc1Cl. The zero-order valence-corrected chi connectivity index (χ0v) is 13.3. The molecule has 1 aromatic carbocycles. The van der Waals surface area contributed by atoms with Gasteiger partial charge in [0.25, 0.3) is 0 Å². The third-order valence-electron chi connectivity index (χ3n) is 2.40. The molecular weight excluding hydrogens is 321 g/mol. The Balaban J connectivity index is 2.24. The first-order chi connectivity index (χ1) is 9.52. The molecule has 0 aliphatic carbocycles. The van der Waals surface area contributed by atoms with Crippen molar-refractivity contribution in [3.8, 4) is 0 Å². The summed E-state index contributed by atoms with van der Waals surface area (Å²) in [5.74, 6) is 0.473. The standard InChI is InChI=1S/C13H15Cl2NO3S/c1-19-13(18)4-5-20-8-12(17)16-7-9-2-3-10(14)6-11(9)15/h2-3,6H,4-5,7-8H2,1H3,(H,16,17). The van der Waals surface area contributed by atoms with Crippen LogP contribution >= 0.6 is 35.0 Å². The number of hydrogen-bond donors (Lipinski definition) is 1. The highest BCUT2D eigenvalue weighted by Gasteiger charge is 2.06. The van der Waals surface area contributed by atoms with Crippen molar-refractivity contribution in [2.45, 2.75) is 13.0 Å². The van der Waals surface area contributed by atoms with E-state index < -0.39 is 0 Å². The van der Waals surface area contributed by atoms with Crippen molar-refractivity contribution < 1.29 is 14.3 Å². The van der Waals surface area contributed by atoms with Gasteiger partial charge in [-0.25, -0.2) is 0 Å². The molecule has 1 aromatic rings. The number of benzene rings is 1. The fourth-order valence-electron chi connectivity index (χ4n) is 1.33. The first-order valence-corrected chi connectivity index (χ1v) is 7.79. The van der Waals surface area contributed by atoms with Crippen LogP contribution in [0.3, 0.4) is 0 Å². The summed E-state index contributed by atoms with van der Waals surface area (Å²) in [6.45, 7) is 0.354. The normalized spacial score (nSPS) is 10.2. The molecule has 20 heavy (non-hydrogen) atoms. The van der Waals surface area contributed by atoms with Crippen LogP contribution in [0.5, 0.6) is 0 Å². The van der Waals surface area contributed by atoms with E-state index >= 15 is 0 Å². The third kappa shape index (κ3) is 6.50. The van der Waals surface area contributed by atoms with Crippen LogP contribution < -0.4 is 5.32 Å². The third-order valence-corrected chi connectivity index (χ3v) is 3.95. The van der Waals surface area contributed by atoms with Gasteiger partial charge < -0.3 is 10.1 Å². The molecule has 0 aliphatic heterocycles. The van der Waals surface area contributed by atoms with E-state index in [0.717, 1.165) is 5.56 Å². The largest absolute Gasteiger partial charge is 0.469 e. The molecule has 0 aromatic heterocycles. The Morgan fingerprint density at radius 1 is 1.35 bits per heavy atom. The summed E-state index contributed by atoms with van der Waals surface area (Å²) in [5.41, 5.74) is 0.809. The van der Waals surface area contributed by atoms with Gasteiger partial charge in [-0.15, -0.1) is 0 Å². The number of ether oxygens (including phenoxy) is 1. The lowest BCUT2D eigenvalue weighted by Crippen LogP contribution is -2.25. The smallest absolute Gasteiger partial charge is 0.306 e. The van der Waals surface area contributed by atoms with Gasteiger partial charge in [0.2, 0.25) is 5.91 Å². The van der Waals surface area contributed by atoms with Gasteiger partial charge in [0.15, 0.2) is 0 Å². The molecule has 0 aliphatic rings. The molecule has 0 atom stereocenters. The van der Waals surface area contributed by atoms with E-state index in [4.69, 9.17) is 23.2 Å². The number of amides is 1. The highest BCUT2D eigenvalue weighted by Crippen LogP contribution is 2.20. The van der Waals surface area contributed by atoms with Crippen LogP contribution in [0.2, 0.25) is 10.0 Å². The molecule has 0 unspecified atom stereocenters. The molecular formula is C13H15Cl2NO3S. The average Bonchev–Trinajstić information content (AvgIpc) is 2.42. The summed E-state index contributed by atoms with van der Waals surface area (Å²) in [7, 11) is 1.34. The van der Waals surface area contributed by atoms with Crippen molar-refractivity contribution in [3.63, 3.8) is 0 Å². The van der Waals surface area contributed by atoms with Crippen LogP contribution in [0.1, 0.15) is 12.0 Å². The van der Waals surface area contributed by atoms with E-state index in [2.05, 4.69) is 10.1 Å². The van der Waals surface area contributed by atoms with Crippen molar-refractivity contribution in [1.29, 1.82) is 0 Å². The minimum Gasteiger partial charge on any atom is -0.469 e. The molecule has 0 saturated heterocycles. The number of thioether (sulfide) groups is 1. The number of esters is 1. The number of methoxy groups -OCH3 is 1. The van der Waals surface area contributed by atoms with Crippen LogP contribution in [-0.2, 0) is 20.9 Å². The van der Waals surface area contributed by atoms with Crippen LogP contribution in [0.4, 0.5) is 0 Å². The van der Waals surface area contributed by atoms with Gasteiger partial charge in [-0.2, -0.15) is 11.8 Å². The molecule has 0 bridgehead atoms. The highest BCUT2D eigenvalue weighted by molar-refractivity contribution is 7.99. The second-order valence-corrected chi connectivity index (χ2v) is 5.84. The zero-order valence-electron chi connectivity index (χ0n) is 10.9. The quantitative estimate of drug-likeness (QED) is 0.614. The predicted molar refractivity (Wildman–Crippen MR) is 82.3 cm³/mol. The molecule has 1 amide bonds. The lowest BCUT2D eigenvalue weighted by molar-refractivity contribution is -0.140. The van der Waals surface area contributed by atoms with E-state index in [-0.39, 0.29) is 11.9 Å². The number of rotatable bonds is 7. The minimum absolute atomic E-state index is 0.106. The number of nitrogens with one attached hydrogen (secondary N) is 1. The maximum absolute atomic E-state index is 11.6. The van der Waals surface area contributed by atoms with E-state index in [0.29, 0.717) is 34.5 Å². The topological polar surface area (TPSA) is 55.4 Å². The van der Waals surface area contributed by atoms with Crippen LogP contribution in [0, 0.1) is 0 Å². The highest BCUT2D eigenvalue weighted by atomic mass is 35.5. The van der Waals surface area contributed by atoms with Crippen LogP contribution in [-0.4, -0.2) is 30.5 Å². The van der Waals surface area contributed by atoms with E-state index in [1.165, 1.54) is 18.9 Å². The summed E-state index contributed by atoms with van der Waals surface area (Å²) in [4.78, 5) is 22.5. The number of carbonyl (C=O) groups is 2. The number of carbonyl (C=O) groups excluding carboxylic acids is 2. The van der Waals surface area contributed by atoms with Gasteiger partial charge in [-0.1, -0.05) is 29.3 Å². The minimum atomic E-state index is -0.272. The van der Waals surface area contributed by atoms with Crippen LogP contribution in [0.15, 0.2) is 18.2 Å². The molecule has 4 nitrogen and oxygen atoms in total. The zero-order chi connectivity index (χ0) is 15.0. The first kappa shape index (κ1) is 17.1. The van der Waals surface area contributed by atoms with Gasteiger partial charge in [0.05, 0.1) is 19.3 Å². The van der Waals surface area contributed by atoms with Crippen molar-refractivity contribution >= 4 is 46.8 Å². The van der Waals surface area contributed by atoms with Gasteiger partial charge in [-0.05, 0) is 17.7 Å². The molecule has 110 valence electrons. The maximum Gasteiger partial charge on any atom is 0.306 e.